The number of sulfone groups is 1. The van der Waals surface area contributed by atoms with E-state index in [4.69, 9.17) is 5.26 Å². The molecule has 0 aromatic carbocycles. The fourth-order valence-corrected chi connectivity index (χ4v) is 3.00. The summed E-state index contributed by atoms with van der Waals surface area (Å²) in [5.41, 5.74) is 0. The smallest absolute Gasteiger partial charge is 0.154 e. The topological polar surface area (TPSA) is 57.9 Å². The maximum absolute atomic E-state index is 11.6. The molecule has 0 aliphatic heterocycles. The van der Waals surface area contributed by atoms with Crippen molar-refractivity contribution in [3.63, 3.8) is 0 Å². The minimum atomic E-state index is -3.02. The Morgan fingerprint density at radius 3 is 2.38 bits per heavy atom. The molecule has 0 aliphatic carbocycles. The molecule has 0 saturated carbocycles. The minimum absolute atomic E-state index is 0.128. The zero-order chi connectivity index (χ0) is 10.3. The van der Waals surface area contributed by atoms with Crippen LogP contribution < -0.4 is 0 Å². The number of unbranched alkanes of at least 4 members (excludes halogenated alkanes) is 1. The highest BCUT2D eigenvalue weighted by atomic mass is 32.2. The molecule has 1 atom stereocenters. The van der Waals surface area contributed by atoms with Gasteiger partial charge in [-0.15, -0.1) is 0 Å². The van der Waals surface area contributed by atoms with Gasteiger partial charge in [0.25, 0.3) is 0 Å². The summed E-state index contributed by atoms with van der Waals surface area (Å²) in [6.07, 6.45) is 2.24. The van der Waals surface area contributed by atoms with Gasteiger partial charge in [0.2, 0.25) is 0 Å². The Kier molecular flexibility index (Phi) is 5.72. The molecule has 0 fully saturated rings. The van der Waals surface area contributed by atoms with Crippen LogP contribution in [0.5, 0.6) is 0 Å². The van der Waals surface area contributed by atoms with Gasteiger partial charge in [0.05, 0.1) is 23.5 Å². The predicted molar refractivity (Wildman–Crippen MR) is 53.0 cm³/mol. The van der Waals surface area contributed by atoms with Crippen LogP contribution in [0.4, 0.5) is 0 Å². The van der Waals surface area contributed by atoms with Crippen molar-refractivity contribution in [3.8, 4) is 6.07 Å². The second-order valence-electron chi connectivity index (χ2n) is 3.11. The average molecular weight is 203 g/mol. The molecule has 3 nitrogen and oxygen atoms in total. The van der Waals surface area contributed by atoms with E-state index in [0.717, 1.165) is 6.42 Å². The lowest BCUT2D eigenvalue weighted by atomic mass is 10.3. The molecule has 0 spiro atoms. The third kappa shape index (κ3) is 4.28. The van der Waals surface area contributed by atoms with Gasteiger partial charge < -0.3 is 0 Å². The highest BCUT2D eigenvalue weighted by molar-refractivity contribution is 7.92. The summed E-state index contributed by atoms with van der Waals surface area (Å²) in [5.74, 6) is 0.226. The van der Waals surface area contributed by atoms with Crippen molar-refractivity contribution in [1.82, 2.24) is 0 Å². The molecule has 0 saturated heterocycles. The maximum atomic E-state index is 11.6. The molecule has 0 radical (unpaired) electrons. The summed E-state index contributed by atoms with van der Waals surface area (Å²) >= 11 is 0. The largest absolute Gasteiger partial charge is 0.229 e. The molecule has 0 aromatic rings. The lowest BCUT2D eigenvalue weighted by Gasteiger charge is -2.11. The van der Waals surface area contributed by atoms with Gasteiger partial charge in [-0.3, -0.25) is 0 Å². The summed E-state index contributed by atoms with van der Waals surface area (Å²) in [4.78, 5) is 0. The van der Waals surface area contributed by atoms with E-state index in [1.54, 1.807) is 0 Å². The highest BCUT2D eigenvalue weighted by Gasteiger charge is 2.22. The van der Waals surface area contributed by atoms with Gasteiger partial charge in [0, 0.05) is 0 Å². The molecule has 0 aromatic heterocycles. The lowest BCUT2D eigenvalue weighted by molar-refractivity contribution is 0.573. The van der Waals surface area contributed by atoms with Gasteiger partial charge in [0.1, 0.15) is 0 Å². The molecule has 0 rings (SSSR count). The van der Waals surface area contributed by atoms with Gasteiger partial charge in [-0.1, -0.05) is 20.3 Å². The Hall–Kier alpha value is -0.560. The number of hydrogen-bond donors (Lipinski definition) is 0. The molecule has 76 valence electrons. The first-order valence-electron chi connectivity index (χ1n) is 4.67. The summed E-state index contributed by atoms with van der Waals surface area (Å²) < 4.78 is 23.1. The van der Waals surface area contributed by atoms with E-state index >= 15 is 0 Å². The first-order valence-corrected chi connectivity index (χ1v) is 6.38. The number of hydrogen-bond acceptors (Lipinski definition) is 3. The van der Waals surface area contributed by atoms with Crippen LogP contribution in [0.3, 0.4) is 0 Å². The third-order valence-corrected chi connectivity index (χ3v) is 4.44. The highest BCUT2D eigenvalue weighted by Crippen LogP contribution is 2.12. The Morgan fingerprint density at radius 2 is 2.00 bits per heavy atom. The third-order valence-electron chi connectivity index (χ3n) is 2.06. The zero-order valence-electron chi connectivity index (χ0n) is 8.28. The molecular weight excluding hydrogens is 186 g/mol. The normalized spacial score (nSPS) is 13.6. The molecule has 0 N–H and O–H groups in total. The summed E-state index contributed by atoms with van der Waals surface area (Å²) in [5, 5.41) is 7.99. The van der Waals surface area contributed by atoms with Gasteiger partial charge in [-0.05, 0) is 12.8 Å². The van der Waals surface area contributed by atoms with Gasteiger partial charge >= 0.3 is 0 Å². The quantitative estimate of drug-likeness (QED) is 0.662. The molecule has 1 unspecified atom stereocenters. The monoisotopic (exact) mass is 203 g/mol. The van der Waals surface area contributed by atoms with Crippen LogP contribution in [0, 0.1) is 11.3 Å². The summed E-state index contributed by atoms with van der Waals surface area (Å²) in [6.45, 7) is 3.77. The van der Waals surface area contributed by atoms with Crippen molar-refractivity contribution in [2.75, 3.05) is 5.75 Å². The number of rotatable bonds is 6. The van der Waals surface area contributed by atoms with E-state index < -0.39 is 15.1 Å². The van der Waals surface area contributed by atoms with Crippen molar-refractivity contribution in [1.29, 1.82) is 5.26 Å². The molecule has 0 amide bonds. The lowest BCUT2D eigenvalue weighted by Crippen LogP contribution is -2.22. The van der Waals surface area contributed by atoms with Crippen molar-refractivity contribution in [2.45, 2.75) is 44.8 Å². The van der Waals surface area contributed by atoms with E-state index in [2.05, 4.69) is 0 Å². The SMILES string of the molecule is CCCCS(=O)(=O)C(CC)CC#N. The van der Waals surface area contributed by atoms with Crippen LogP contribution in [0.1, 0.15) is 39.5 Å². The van der Waals surface area contributed by atoms with Crippen LogP contribution in [-0.2, 0) is 9.84 Å². The van der Waals surface area contributed by atoms with Crippen LogP contribution in [0.2, 0.25) is 0 Å². The van der Waals surface area contributed by atoms with Gasteiger partial charge in [0.15, 0.2) is 9.84 Å². The van der Waals surface area contributed by atoms with Crippen LogP contribution >= 0.6 is 0 Å². The zero-order valence-corrected chi connectivity index (χ0v) is 9.10. The Morgan fingerprint density at radius 1 is 1.38 bits per heavy atom. The van der Waals surface area contributed by atoms with Gasteiger partial charge in [-0.25, -0.2) is 8.42 Å². The van der Waals surface area contributed by atoms with Crippen molar-refractivity contribution in [2.24, 2.45) is 0 Å². The second kappa shape index (κ2) is 5.98. The van der Waals surface area contributed by atoms with Crippen molar-refractivity contribution >= 4 is 9.84 Å². The minimum Gasteiger partial charge on any atom is -0.229 e. The first kappa shape index (κ1) is 12.4. The first-order chi connectivity index (χ1) is 6.08. The van der Waals surface area contributed by atoms with E-state index in [1.165, 1.54) is 0 Å². The van der Waals surface area contributed by atoms with Crippen molar-refractivity contribution < 1.29 is 8.42 Å². The van der Waals surface area contributed by atoms with Gasteiger partial charge in [-0.2, -0.15) is 5.26 Å². The van der Waals surface area contributed by atoms with Crippen molar-refractivity contribution in [3.05, 3.63) is 0 Å². The van der Waals surface area contributed by atoms with Crippen LogP contribution in [0.15, 0.2) is 0 Å². The average Bonchev–Trinajstić information content (AvgIpc) is 2.10. The molecule has 4 heteroatoms. The number of nitriles is 1. The van der Waals surface area contributed by atoms with E-state index in [1.807, 2.05) is 19.9 Å². The molecule has 0 aliphatic rings. The molecular formula is C9H17NO2S. The fraction of sp³-hybridized carbons (Fsp3) is 0.889. The van der Waals surface area contributed by atoms with Crippen LogP contribution in [-0.4, -0.2) is 19.4 Å². The predicted octanol–water partition coefficient (Wildman–Crippen LogP) is 1.89. The molecule has 13 heavy (non-hydrogen) atoms. The van der Waals surface area contributed by atoms with E-state index in [0.29, 0.717) is 12.8 Å². The van der Waals surface area contributed by atoms with Crippen LogP contribution in [0.25, 0.3) is 0 Å². The summed E-state index contributed by atoms with van der Waals surface area (Å²) in [7, 11) is -3.02. The van der Waals surface area contributed by atoms with E-state index in [9.17, 15) is 8.42 Å². The standard InChI is InChI=1S/C9H17NO2S/c1-3-5-8-13(11,12)9(4-2)6-7-10/h9H,3-6,8H2,1-2H3. The Balaban J connectivity index is 4.32. The molecule has 0 heterocycles. The summed E-state index contributed by atoms with van der Waals surface area (Å²) in [6, 6.07) is 1.92. The Bertz CT molecular complexity index is 264. The van der Waals surface area contributed by atoms with E-state index in [-0.39, 0.29) is 12.2 Å². The molecule has 0 bridgehead atoms. The fourth-order valence-electron chi connectivity index (χ4n) is 1.14. The maximum Gasteiger partial charge on any atom is 0.154 e. The number of nitrogens with zero attached hydrogens (tertiary/aromatic N) is 1. The Labute approximate surface area is 80.7 Å². The second-order valence-corrected chi connectivity index (χ2v) is 5.51.